The first-order chi connectivity index (χ1) is 12.3. The van der Waals surface area contributed by atoms with Gasteiger partial charge in [-0.3, -0.25) is 0 Å². The van der Waals surface area contributed by atoms with Crippen LogP contribution >= 0.6 is 0 Å². The van der Waals surface area contributed by atoms with Crippen molar-refractivity contribution in [3.63, 3.8) is 0 Å². The number of hydrogen-bond acceptors (Lipinski definition) is 2. The first-order valence-electron chi connectivity index (χ1n) is 11.4. The van der Waals surface area contributed by atoms with Gasteiger partial charge in [0.05, 0.1) is 12.2 Å². The SMILES string of the molecule is CCCC1CCC(CCC2CCC(C3CCC(OC)CC3)CC2)OC1. The largest absolute Gasteiger partial charge is 0.381 e. The summed E-state index contributed by atoms with van der Waals surface area (Å²) in [7, 11) is 1.89. The van der Waals surface area contributed by atoms with E-state index >= 15 is 0 Å². The van der Waals surface area contributed by atoms with Crippen LogP contribution in [0.5, 0.6) is 0 Å². The predicted octanol–water partition coefficient (Wildman–Crippen LogP) is 6.37. The average molecular weight is 351 g/mol. The summed E-state index contributed by atoms with van der Waals surface area (Å²) in [5.74, 6) is 3.87. The predicted molar refractivity (Wildman–Crippen MR) is 105 cm³/mol. The molecule has 0 aromatic rings. The Labute approximate surface area is 156 Å². The van der Waals surface area contributed by atoms with Crippen LogP contribution in [0, 0.1) is 23.7 Å². The maximum atomic E-state index is 6.16. The summed E-state index contributed by atoms with van der Waals surface area (Å²) in [6.45, 7) is 3.33. The molecule has 25 heavy (non-hydrogen) atoms. The molecule has 3 fully saturated rings. The second kappa shape index (κ2) is 10.3. The van der Waals surface area contributed by atoms with Crippen molar-refractivity contribution in [3.05, 3.63) is 0 Å². The van der Waals surface area contributed by atoms with Gasteiger partial charge in [-0.15, -0.1) is 0 Å². The van der Waals surface area contributed by atoms with Crippen LogP contribution in [0.2, 0.25) is 0 Å². The van der Waals surface area contributed by atoms with Crippen molar-refractivity contribution >= 4 is 0 Å². The minimum atomic E-state index is 0.556. The quantitative estimate of drug-likeness (QED) is 0.531. The lowest BCUT2D eigenvalue weighted by molar-refractivity contribution is -0.0258. The normalized spacial score (nSPS) is 40.1. The third kappa shape index (κ3) is 5.96. The Kier molecular flexibility index (Phi) is 8.11. The Balaban J connectivity index is 1.28. The molecule has 2 aliphatic carbocycles. The molecule has 146 valence electrons. The van der Waals surface area contributed by atoms with Crippen molar-refractivity contribution < 1.29 is 9.47 Å². The fraction of sp³-hybridized carbons (Fsp3) is 1.00. The molecule has 0 aromatic carbocycles. The molecule has 1 heterocycles. The lowest BCUT2D eigenvalue weighted by Crippen LogP contribution is -2.29. The van der Waals surface area contributed by atoms with Gasteiger partial charge in [0.2, 0.25) is 0 Å². The van der Waals surface area contributed by atoms with Gasteiger partial charge in [-0.1, -0.05) is 26.2 Å². The fourth-order valence-corrected chi connectivity index (χ4v) is 5.89. The van der Waals surface area contributed by atoms with Crippen molar-refractivity contribution in [2.75, 3.05) is 13.7 Å². The molecule has 3 rings (SSSR count). The van der Waals surface area contributed by atoms with E-state index in [4.69, 9.17) is 9.47 Å². The Hall–Kier alpha value is -0.0800. The van der Waals surface area contributed by atoms with E-state index in [2.05, 4.69) is 6.92 Å². The zero-order valence-corrected chi connectivity index (χ0v) is 16.9. The number of rotatable bonds is 7. The second-order valence-corrected chi connectivity index (χ2v) is 9.32. The van der Waals surface area contributed by atoms with Crippen LogP contribution in [0.15, 0.2) is 0 Å². The molecule has 2 atom stereocenters. The van der Waals surface area contributed by atoms with Crippen molar-refractivity contribution in [2.45, 2.75) is 109 Å². The Morgan fingerprint density at radius 1 is 0.720 bits per heavy atom. The van der Waals surface area contributed by atoms with Crippen LogP contribution in [0.1, 0.15) is 96.8 Å². The van der Waals surface area contributed by atoms with Gasteiger partial charge in [0, 0.05) is 13.7 Å². The number of ether oxygens (including phenoxy) is 2. The second-order valence-electron chi connectivity index (χ2n) is 9.32. The molecule has 0 spiro atoms. The highest BCUT2D eigenvalue weighted by Gasteiger charge is 2.31. The van der Waals surface area contributed by atoms with Gasteiger partial charge in [-0.05, 0) is 94.3 Å². The topological polar surface area (TPSA) is 18.5 Å². The molecule has 2 heteroatoms. The van der Waals surface area contributed by atoms with E-state index in [9.17, 15) is 0 Å². The van der Waals surface area contributed by atoms with Crippen molar-refractivity contribution in [1.29, 1.82) is 0 Å². The van der Waals surface area contributed by atoms with E-state index in [1.165, 1.54) is 89.9 Å². The summed E-state index contributed by atoms with van der Waals surface area (Å²) in [4.78, 5) is 0. The van der Waals surface area contributed by atoms with Crippen LogP contribution < -0.4 is 0 Å². The fourth-order valence-electron chi connectivity index (χ4n) is 5.89. The Bertz CT molecular complexity index is 345. The van der Waals surface area contributed by atoms with Gasteiger partial charge in [0.15, 0.2) is 0 Å². The zero-order valence-electron chi connectivity index (χ0n) is 16.9. The molecule has 1 saturated heterocycles. The Morgan fingerprint density at radius 2 is 1.36 bits per heavy atom. The summed E-state index contributed by atoms with van der Waals surface area (Å²) in [6.07, 6.45) is 20.7. The van der Waals surface area contributed by atoms with E-state index in [1.54, 1.807) is 0 Å². The molecule has 1 aliphatic heterocycles. The van der Waals surface area contributed by atoms with Gasteiger partial charge in [-0.25, -0.2) is 0 Å². The van der Waals surface area contributed by atoms with Crippen LogP contribution in [0.4, 0.5) is 0 Å². The summed E-state index contributed by atoms with van der Waals surface area (Å²) in [5.41, 5.74) is 0. The lowest BCUT2D eigenvalue weighted by atomic mass is 9.70. The van der Waals surface area contributed by atoms with Crippen molar-refractivity contribution in [3.8, 4) is 0 Å². The minimum Gasteiger partial charge on any atom is -0.381 e. The standard InChI is InChI=1S/C23H42O2/c1-3-4-19-8-14-23(25-17-19)13-7-18-5-9-20(10-6-18)21-11-15-22(24-2)16-12-21/h18-23H,3-17H2,1-2H3. The maximum absolute atomic E-state index is 6.16. The maximum Gasteiger partial charge on any atom is 0.0575 e. The van der Waals surface area contributed by atoms with Crippen LogP contribution in [0.3, 0.4) is 0 Å². The third-order valence-corrected chi connectivity index (χ3v) is 7.67. The van der Waals surface area contributed by atoms with E-state index < -0.39 is 0 Å². The molecule has 2 nitrogen and oxygen atoms in total. The van der Waals surface area contributed by atoms with Crippen LogP contribution in [-0.2, 0) is 9.47 Å². The summed E-state index contributed by atoms with van der Waals surface area (Å²) >= 11 is 0. The highest BCUT2D eigenvalue weighted by atomic mass is 16.5. The van der Waals surface area contributed by atoms with E-state index in [-0.39, 0.29) is 0 Å². The summed E-state index contributed by atoms with van der Waals surface area (Å²) < 4.78 is 11.7. The number of methoxy groups -OCH3 is 1. The molecule has 0 aromatic heterocycles. The molecule has 2 saturated carbocycles. The van der Waals surface area contributed by atoms with E-state index in [0.717, 1.165) is 30.3 Å². The molecule has 0 radical (unpaired) electrons. The van der Waals surface area contributed by atoms with E-state index in [0.29, 0.717) is 12.2 Å². The monoisotopic (exact) mass is 350 g/mol. The molecule has 0 amide bonds. The van der Waals surface area contributed by atoms with Gasteiger partial charge < -0.3 is 9.47 Å². The van der Waals surface area contributed by atoms with Crippen LogP contribution in [-0.4, -0.2) is 25.9 Å². The average Bonchev–Trinajstić information content (AvgIpc) is 2.68. The third-order valence-electron chi connectivity index (χ3n) is 7.67. The van der Waals surface area contributed by atoms with Crippen molar-refractivity contribution in [2.24, 2.45) is 23.7 Å². The summed E-state index contributed by atoms with van der Waals surface area (Å²) in [5, 5.41) is 0. The lowest BCUT2D eigenvalue weighted by Gasteiger charge is -2.38. The first kappa shape index (κ1) is 19.7. The molecule has 0 bridgehead atoms. The minimum absolute atomic E-state index is 0.556. The van der Waals surface area contributed by atoms with Crippen molar-refractivity contribution in [1.82, 2.24) is 0 Å². The summed E-state index contributed by atoms with van der Waals surface area (Å²) in [6, 6.07) is 0. The first-order valence-corrected chi connectivity index (χ1v) is 11.4. The molecule has 3 aliphatic rings. The number of hydrogen-bond donors (Lipinski definition) is 0. The molecule has 0 N–H and O–H groups in total. The van der Waals surface area contributed by atoms with Crippen LogP contribution in [0.25, 0.3) is 0 Å². The van der Waals surface area contributed by atoms with Gasteiger partial charge >= 0.3 is 0 Å². The zero-order chi connectivity index (χ0) is 17.5. The molecular weight excluding hydrogens is 308 g/mol. The van der Waals surface area contributed by atoms with Gasteiger partial charge in [0.1, 0.15) is 0 Å². The smallest absolute Gasteiger partial charge is 0.0575 e. The van der Waals surface area contributed by atoms with Gasteiger partial charge in [-0.2, -0.15) is 0 Å². The van der Waals surface area contributed by atoms with Gasteiger partial charge in [0.25, 0.3) is 0 Å². The highest BCUT2D eigenvalue weighted by Crippen LogP contribution is 2.41. The molecular formula is C23H42O2. The Morgan fingerprint density at radius 3 is 1.92 bits per heavy atom. The highest BCUT2D eigenvalue weighted by molar-refractivity contribution is 4.83. The molecule has 2 unspecified atom stereocenters. The van der Waals surface area contributed by atoms with E-state index in [1.807, 2.05) is 7.11 Å².